The predicted molar refractivity (Wildman–Crippen MR) is 198 cm³/mol. The lowest BCUT2D eigenvalue weighted by molar-refractivity contribution is -0.145. The topological polar surface area (TPSA) is 198 Å². The molecule has 1 aliphatic heterocycles. The van der Waals surface area contributed by atoms with Crippen molar-refractivity contribution in [3.8, 4) is 0 Å². The Kier molecular flexibility index (Phi) is 15.2. The number of methoxy groups -OCH3 is 1. The standard InChI is InChI=1S/C39H55N7O8/c1-8-12-28(34(47)38(51)42-24(6)25-13-10-9-11-14-25)43-37(50)33-26-15-16-30(54-21-53-7)27(26)20-46(33)39(52)32(23(4)5)45-36(49)31(22(2)3)44-35(48)29-19-40-17-18-41-29/h9-11,13-14,17-19,22-24,26-28,30-33H,8,12,15-16,20-21H2,1-7H3,(H,42,51)(H,43,50)(H,44,48)(H,45,49)/t24-,26-,27-,28?,30+,31-,32-,33-/m0/s1. The highest BCUT2D eigenvalue weighted by Gasteiger charge is 2.55. The zero-order valence-electron chi connectivity index (χ0n) is 32.2. The first-order valence-corrected chi connectivity index (χ1v) is 18.8. The number of fused-ring (bicyclic) bond motifs is 1. The monoisotopic (exact) mass is 749 g/mol. The summed E-state index contributed by atoms with van der Waals surface area (Å²) in [5.74, 6) is -5.05. The number of hydrogen-bond acceptors (Lipinski definition) is 10. The zero-order chi connectivity index (χ0) is 39.5. The van der Waals surface area contributed by atoms with E-state index in [0.29, 0.717) is 19.3 Å². The van der Waals surface area contributed by atoms with Crippen molar-refractivity contribution in [2.45, 2.75) is 104 Å². The molecule has 1 aliphatic carbocycles. The van der Waals surface area contributed by atoms with Crippen molar-refractivity contribution in [2.75, 3.05) is 20.4 Å². The molecule has 294 valence electrons. The quantitative estimate of drug-likeness (QED) is 0.130. The van der Waals surface area contributed by atoms with E-state index in [2.05, 4.69) is 31.2 Å². The Hall–Kier alpha value is -4.76. The molecule has 4 rings (SSSR count). The number of benzene rings is 1. The molecule has 0 bridgehead atoms. The van der Waals surface area contributed by atoms with Gasteiger partial charge in [-0.15, -0.1) is 0 Å². The first-order valence-electron chi connectivity index (χ1n) is 18.8. The molecule has 8 atom stereocenters. The van der Waals surface area contributed by atoms with E-state index >= 15 is 0 Å². The molecule has 0 radical (unpaired) electrons. The summed E-state index contributed by atoms with van der Waals surface area (Å²) in [5.41, 5.74) is 0.866. The summed E-state index contributed by atoms with van der Waals surface area (Å²) >= 11 is 0. The van der Waals surface area contributed by atoms with E-state index < -0.39 is 71.4 Å². The minimum absolute atomic E-state index is 0.0400. The van der Waals surface area contributed by atoms with Crippen molar-refractivity contribution in [1.82, 2.24) is 36.1 Å². The fourth-order valence-electron chi connectivity index (χ4n) is 7.37. The number of nitrogens with zero attached hydrogens (tertiary/aromatic N) is 3. The van der Waals surface area contributed by atoms with Gasteiger partial charge < -0.3 is 35.6 Å². The fourth-order valence-corrected chi connectivity index (χ4v) is 7.37. The molecular weight excluding hydrogens is 694 g/mol. The van der Waals surface area contributed by atoms with Gasteiger partial charge in [0.2, 0.25) is 23.5 Å². The van der Waals surface area contributed by atoms with Crippen molar-refractivity contribution in [3.63, 3.8) is 0 Å². The van der Waals surface area contributed by atoms with Gasteiger partial charge in [0.05, 0.1) is 24.4 Å². The average molecular weight is 750 g/mol. The van der Waals surface area contributed by atoms with Crippen LogP contribution in [0.25, 0.3) is 0 Å². The summed E-state index contributed by atoms with van der Waals surface area (Å²) in [4.78, 5) is 91.7. The molecule has 1 aromatic heterocycles. The first kappa shape index (κ1) is 42.0. The van der Waals surface area contributed by atoms with Gasteiger partial charge in [-0.3, -0.25) is 33.8 Å². The number of ether oxygens (including phenoxy) is 2. The zero-order valence-corrected chi connectivity index (χ0v) is 32.2. The van der Waals surface area contributed by atoms with Crippen LogP contribution in [0.4, 0.5) is 0 Å². The van der Waals surface area contributed by atoms with E-state index in [1.807, 2.05) is 37.3 Å². The number of rotatable bonds is 18. The van der Waals surface area contributed by atoms with Gasteiger partial charge in [0.25, 0.3) is 11.8 Å². The largest absolute Gasteiger partial charge is 0.359 e. The minimum Gasteiger partial charge on any atom is -0.359 e. The molecule has 1 saturated heterocycles. The number of Topliss-reactive ketones (excluding diaryl/α,β-unsaturated/α-hetero) is 1. The van der Waals surface area contributed by atoms with Crippen molar-refractivity contribution in [2.24, 2.45) is 23.7 Å². The van der Waals surface area contributed by atoms with Crippen molar-refractivity contribution in [1.29, 1.82) is 0 Å². The summed E-state index contributed by atoms with van der Waals surface area (Å²) in [5, 5.41) is 11.1. The van der Waals surface area contributed by atoms with Crippen LogP contribution in [0.2, 0.25) is 0 Å². The lowest BCUT2D eigenvalue weighted by atomic mass is 9.92. The Balaban J connectivity index is 1.56. The van der Waals surface area contributed by atoms with E-state index in [4.69, 9.17) is 9.47 Å². The van der Waals surface area contributed by atoms with Crippen LogP contribution in [0.1, 0.15) is 89.3 Å². The van der Waals surface area contributed by atoms with Gasteiger partial charge in [-0.1, -0.05) is 71.4 Å². The molecule has 2 aliphatic rings. The Bertz CT molecular complexity index is 1610. The molecule has 54 heavy (non-hydrogen) atoms. The highest BCUT2D eigenvalue weighted by atomic mass is 16.7. The van der Waals surface area contributed by atoms with Crippen molar-refractivity contribution < 1.29 is 38.2 Å². The molecule has 0 spiro atoms. The Morgan fingerprint density at radius 3 is 2.19 bits per heavy atom. The number of likely N-dealkylation sites (tertiary alicyclic amines) is 1. The third-order valence-corrected chi connectivity index (χ3v) is 10.3. The number of carbonyl (C=O) groups excluding carboxylic acids is 6. The molecule has 15 nitrogen and oxygen atoms in total. The molecular formula is C39H55N7O8. The van der Waals surface area contributed by atoms with Crippen LogP contribution in [0, 0.1) is 23.7 Å². The van der Waals surface area contributed by atoms with Gasteiger partial charge in [0, 0.05) is 32.0 Å². The first-order chi connectivity index (χ1) is 25.8. The Labute approximate surface area is 317 Å². The van der Waals surface area contributed by atoms with E-state index in [9.17, 15) is 28.8 Å². The molecule has 2 fully saturated rings. The second-order valence-corrected chi connectivity index (χ2v) is 14.8. The summed E-state index contributed by atoms with van der Waals surface area (Å²) in [6.45, 7) is 11.0. The SMILES string of the molecule is CCCC(NC(=O)[C@@H]1[C@H]2CC[C@@H](OCOC)[C@H]2CN1C(=O)[C@@H](NC(=O)[C@@H](NC(=O)c1cnccn1)C(C)C)C(C)C)C(=O)C(=O)N[C@@H](C)c1ccccc1. The number of nitrogens with one attached hydrogen (secondary N) is 4. The third kappa shape index (κ3) is 10.3. The molecule has 4 N–H and O–H groups in total. The predicted octanol–water partition coefficient (Wildman–Crippen LogP) is 2.33. The van der Waals surface area contributed by atoms with Crippen LogP contribution >= 0.6 is 0 Å². The Morgan fingerprint density at radius 1 is 0.870 bits per heavy atom. The maximum atomic E-state index is 14.6. The van der Waals surface area contributed by atoms with Crippen LogP contribution in [0.3, 0.4) is 0 Å². The van der Waals surface area contributed by atoms with Crippen LogP contribution < -0.4 is 21.3 Å². The average Bonchev–Trinajstić information content (AvgIpc) is 3.74. The Morgan fingerprint density at radius 2 is 1.57 bits per heavy atom. The number of ketones is 1. The summed E-state index contributed by atoms with van der Waals surface area (Å²) in [6.07, 6.45) is 5.76. The second-order valence-electron chi connectivity index (χ2n) is 14.8. The van der Waals surface area contributed by atoms with Gasteiger partial charge in [0.1, 0.15) is 30.6 Å². The van der Waals surface area contributed by atoms with Gasteiger partial charge in [0.15, 0.2) is 0 Å². The summed E-state index contributed by atoms with van der Waals surface area (Å²) < 4.78 is 11.1. The van der Waals surface area contributed by atoms with E-state index in [1.54, 1.807) is 34.6 Å². The van der Waals surface area contributed by atoms with E-state index in [1.165, 1.54) is 30.6 Å². The molecule has 1 unspecified atom stereocenters. The molecule has 1 saturated carbocycles. The van der Waals surface area contributed by atoms with Crippen LogP contribution in [-0.2, 0) is 33.4 Å². The maximum absolute atomic E-state index is 14.6. The number of aromatic nitrogens is 2. The normalized spacial score (nSPS) is 21.5. The molecule has 5 amide bonds. The molecule has 2 aromatic rings. The smallest absolute Gasteiger partial charge is 0.290 e. The summed E-state index contributed by atoms with van der Waals surface area (Å²) in [6, 6.07) is 4.62. The van der Waals surface area contributed by atoms with Crippen molar-refractivity contribution in [3.05, 3.63) is 60.2 Å². The second kappa shape index (κ2) is 19.5. The fraction of sp³-hybridized carbons (Fsp3) is 0.590. The van der Waals surface area contributed by atoms with Gasteiger partial charge in [-0.2, -0.15) is 0 Å². The van der Waals surface area contributed by atoms with Crippen LogP contribution in [0.5, 0.6) is 0 Å². The minimum atomic E-state index is -1.12. The van der Waals surface area contributed by atoms with Gasteiger partial charge in [-0.25, -0.2) is 4.98 Å². The number of amides is 5. The highest BCUT2D eigenvalue weighted by molar-refractivity contribution is 6.38. The van der Waals surface area contributed by atoms with Gasteiger partial charge in [-0.05, 0) is 49.5 Å². The van der Waals surface area contributed by atoms with E-state index in [0.717, 1.165) is 5.56 Å². The lowest BCUT2D eigenvalue weighted by Gasteiger charge is -2.34. The van der Waals surface area contributed by atoms with E-state index in [-0.39, 0.29) is 49.3 Å². The number of hydrogen-bond donors (Lipinski definition) is 4. The maximum Gasteiger partial charge on any atom is 0.290 e. The molecule has 1 aromatic carbocycles. The van der Waals surface area contributed by atoms with Gasteiger partial charge >= 0.3 is 0 Å². The highest BCUT2D eigenvalue weighted by Crippen LogP contribution is 2.44. The third-order valence-electron chi connectivity index (χ3n) is 10.3. The summed E-state index contributed by atoms with van der Waals surface area (Å²) in [7, 11) is 1.52. The van der Waals surface area contributed by atoms with Crippen LogP contribution in [0.15, 0.2) is 48.9 Å². The number of carbonyl (C=O) groups is 6. The molecule has 15 heteroatoms. The molecule has 2 heterocycles. The van der Waals surface area contributed by atoms with Crippen molar-refractivity contribution >= 4 is 35.3 Å². The van der Waals surface area contributed by atoms with Crippen LogP contribution in [-0.4, -0.2) is 101 Å². The lowest BCUT2D eigenvalue weighted by Crippen LogP contribution is -2.60.